The van der Waals surface area contributed by atoms with Gasteiger partial charge in [-0.1, -0.05) is 34.1 Å². The Morgan fingerprint density at radius 1 is 1.14 bits per heavy atom. The number of alkyl halides is 1. The second kappa shape index (κ2) is 6.50. The smallest absolute Gasteiger partial charge is 0.124 e. The standard InChI is InChI=1S/C16H14BrClN2O/c17-12-6-7-14-15(10-12)20(16(11-18)19-14)8-9-21-13-4-2-1-3-5-13/h1-7,10H,8-9,11H2. The van der Waals surface area contributed by atoms with Gasteiger partial charge >= 0.3 is 0 Å². The van der Waals surface area contributed by atoms with Crippen LogP contribution in [0.1, 0.15) is 5.82 Å². The van der Waals surface area contributed by atoms with Gasteiger partial charge in [-0.15, -0.1) is 11.6 Å². The van der Waals surface area contributed by atoms with E-state index in [-0.39, 0.29) is 0 Å². The lowest BCUT2D eigenvalue weighted by Crippen LogP contribution is -2.10. The van der Waals surface area contributed by atoms with E-state index in [0.29, 0.717) is 19.0 Å². The number of fused-ring (bicyclic) bond motifs is 1. The quantitative estimate of drug-likeness (QED) is 0.617. The number of halogens is 2. The summed E-state index contributed by atoms with van der Waals surface area (Å²) in [5, 5.41) is 0. The van der Waals surface area contributed by atoms with Gasteiger partial charge in [-0.25, -0.2) is 4.98 Å². The monoisotopic (exact) mass is 364 g/mol. The molecule has 0 aliphatic carbocycles. The van der Waals surface area contributed by atoms with Crippen LogP contribution in [0.4, 0.5) is 0 Å². The molecule has 0 aliphatic heterocycles. The van der Waals surface area contributed by atoms with Gasteiger partial charge in [0.25, 0.3) is 0 Å². The van der Waals surface area contributed by atoms with Gasteiger partial charge < -0.3 is 9.30 Å². The average molecular weight is 366 g/mol. The Hall–Kier alpha value is -1.52. The fraction of sp³-hybridized carbons (Fsp3) is 0.188. The van der Waals surface area contributed by atoms with E-state index < -0.39 is 0 Å². The minimum atomic E-state index is 0.387. The number of imidazole rings is 1. The molecule has 108 valence electrons. The summed E-state index contributed by atoms with van der Waals surface area (Å²) in [5.41, 5.74) is 2.02. The van der Waals surface area contributed by atoms with Crippen LogP contribution in [0.25, 0.3) is 11.0 Å². The molecule has 0 saturated carbocycles. The van der Waals surface area contributed by atoms with Gasteiger partial charge in [-0.3, -0.25) is 0 Å². The van der Waals surface area contributed by atoms with E-state index in [1.165, 1.54) is 0 Å². The molecule has 3 aromatic rings. The molecule has 0 N–H and O–H groups in total. The Morgan fingerprint density at radius 3 is 2.71 bits per heavy atom. The minimum Gasteiger partial charge on any atom is -0.492 e. The highest BCUT2D eigenvalue weighted by Gasteiger charge is 2.10. The minimum absolute atomic E-state index is 0.387. The van der Waals surface area contributed by atoms with Crippen molar-refractivity contribution in [1.82, 2.24) is 9.55 Å². The van der Waals surface area contributed by atoms with Gasteiger partial charge in [0, 0.05) is 4.47 Å². The third kappa shape index (κ3) is 3.22. The van der Waals surface area contributed by atoms with Crippen LogP contribution in [0, 0.1) is 0 Å². The summed E-state index contributed by atoms with van der Waals surface area (Å²) < 4.78 is 8.89. The molecule has 0 saturated heterocycles. The molecule has 0 bridgehead atoms. The summed E-state index contributed by atoms with van der Waals surface area (Å²) in [7, 11) is 0. The first kappa shape index (κ1) is 14.4. The van der Waals surface area contributed by atoms with E-state index in [1.54, 1.807) is 0 Å². The van der Waals surface area contributed by atoms with E-state index in [2.05, 4.69) is 31.5 Å². The normalized spacial score (nSPS) is 11.0. The number of hydrogen-bond donors (Lipinski definition) is 0. The largest absolute Gasteiger partial charge is 0.492 e. The molecule has 3 rings (SSSR count). The zero-order valence-electron chi connectivity index (χ0n) is 11.3. The van der Waals surface area contributed by atoms with Gasteiger partial charge in [0.2, 0.25) is 0 Å². The van der Waals surface area contributed by atoms with Gasteiger partial charge in [0.15, 0.2) is 0 Å². The molecule has 0 radical (unpaired) electrons. The molecule has 0 amide bonds. The number of ether oxygens (including phenoxy) is 1. The molecular formula is C16H14BrClN2O. The molecule has 0 aliphatic rings. The number of aromatic nitrogens is 2. The fourth-order valence-corrected chi connectivity index (χ4v) is 2.82. The van der Waals surface area contributed by atoms with Crippen LogP contribution in [0.5, 0.6) is 5.75 Å². The first-order valence-corrected chi connectivity index (χ1v) is 7.99. The molecule has 3 nitrogen and oxygen atoms in total. The first-order chi connectivity index (χ1) is 10.3. The van der Waals surface area contributed by atoms with E-state index >= 15 is 0 Å². The molecule has 2 aromatic carbocycles. The Bertz CT molecular complexity index is 743. The van der Waals surface area contributed by atoms with Crippen molar-refractivity contribution in [2.75, 3.05) is 6.61 Å². The van der Waals surface area contributed by atoms with Crippen molar-refractivity contribution in [2.24, 2.45) is 0 Å². The summed E-state index contributed by atoms with van der Waals surface area (Å²) in [5.74, 6) is 2.12. The van der Waals surface area contributed by atoms with Crippen LogP contribution in [0.2, 0.25) is 0 Å². The fourth-order valence-electron chi connectivity index (χ4n) is 2.27. The van der Waals surface area contributed by atoms with Gasteiger partial charge in [-0.05, 0) is 30.3 Å². The highest BCUT2D eigenvalue weighted by Crippen LogP contribution is 2.22. The van der Waals surface area contributed by atoms with E-state index in [4.69, 9.17) is 16.3 Å². The SMILES string of the molecule is ClCc1nc2ccc(Br)cc2n1CCOc1ccccc1. The summed E-state index contributed by atoms with van der Waals surface area (Å²) in [4.78, 5) is 4.55. The number of nitrogens with zero attached hydrogens (tertiary/aromatic N) is 2. The van der Waals surface area contributed by atoms with Gasteiger partial charge in [-0.2, -0.15) is 0 Å². The highest BCUT2D eigenvalue weighted by atomic mass is 79.9. The third-order valence-corrected chi connectivity index (χ3v) is 3.97. The number of benzene rings is 2. The van der Waals surface area contributed by atoms with Crippen molar-refractivity contribution >= 4 is 38.6 Å². The maximum atomic E-state index is 6.00. The van der Waals surface area contributed by atoms with Crippen molar-refractivity contribution in [3.8, 4) is 5.75 Å². The number of para-hydroxylation sites is 1. The van der Waals surface area contributed by atoms with Crippen LogP contribution in [-0.2, 0) is 12.4 Å². The molecule has 0 unspecified atom stereocenters. The number of hydrogen-bond acceptors (Lipinski definition) is 2. The van der Waals surface area contributed by atoms with Gasteiger partial charge in [0.05, 0.1) is 23.5 Å². The molecule has 0 spiro atoms. The Balaban J connectivity index is 1.80. The Kier molecular flexibility index (Phi) is 4.46. The second-order valence-electron chi connectivity index (χ2n) is 4.61. The molecular weight excluding hydrogens is 352 g/mol. The average Bonchev–Trinajstić information content (AvgIpc) is 2.86. The topological polar surface area (TPSA) is 27.1 Å². The predicted octanol–water partition coefficient (Wildman–Crippen LogP) is 4.62. The summed E-state index contributed by atoms with van der Waals surface area (Å²) in [6.45, 7) is 1.29. The van der Waals surface area contributed by atoms with Crippen molar-refractivity contribution < 1.29 is 4.74 Å². The number of rotatable bonds is 5. The van der Waals surface area contributed by atoms with Crippen molar-refractivity contribution in [3.05, 3.63) is 58.8 Å². The third-order valence-electron chi connectivity index (χ3n) is 3.24. The zero-order valence-corrected chi connectivity index (χ0v) is 13.6. The van der Waals surface area contributed by atoms with Crippen LogP contribution in [-0.4, -0.2) is 16.2 Å². The van der Waals surface area contributed by atoms with Crippen molar-refractivity contribution in [1.29, 1.82) is 0 Å². The van der Waals surface area contributed by atoms with Crippen LogP contribution >= 0.6 is 27.5 Å². The predicted molar refractivity (Wildman–Crippen MR) is 88.9 cm³/mol. The van der Waals surface area contributed by atoms with Gasteiger partial charge in [0.1, 0.15) is 18.2 Å². The van der Waals surface area contributed by atoms with Crippen molar-refractivity contribution in [3.63, 3.8) is 0 Å². The van der Waals surface area contributed by atoms with E-state index in [9.17, 15) is 0 Å². The second-order valence-corrected chi connectivity index (χ2v) is 5.79. The van der Waals surface area contributed by atoms with E-state index in [0.717, 1.165) is 27.1 Å². The lowest BCUT2D eigenvalue weighted by atomic mass is 10.3. The zero-order chi connectivity index (χ0) is 14.7. The van der Waals surface area contributed by atoms with Crippen molar-refractivity contribution in [2.45, 2.75) is 12.4 Å². The molecule has 0 fully saturated rings. The maximum Gasteiger partial charge on any atom is 0.124 e. The molecule has 0 atom stereocenters. The summed E-state index contributed by atoms with van der Waals surface area (Å²) >= 11 is 9.50. The summed E-state index contributed by atoms with van der Waals surface area (Å²) in [6.07, 6.45) is 0. The molecule has 5 heteroatoms. The highest BCUT2D eigenvalue weighted by molar-refractivity contribution is 9.10. The summed E-state index contributed by atoms with van der Waals surface area (Å²) in [6, 6.07) is 15.8. The lowest BCUT2D eigenvalue weighted by molar-refractivity contribution is 0.299. The van der Waals surface area contributed by atoms with Crippen LogP contribution in [0.3, 0.4) is 0 Å². The molecule has 1 heterocycles. The Morgan fingerprint density at radius 2 is 1.95 bits per heavy atom. The molecule has 21 heavy (non-hydrogen) atoms. The van der Waals surface area contributed by atoms with Crippen LogP contribution in [0.15, 0.2) is 53.0 Å². The van der Waals surface area contributed by atoms with E-state index in [1.807, 2.05) is 42.5 Å². The first-order valence-electron chi connectivity index (χ1n) is 6.66. The maximum absolute atomic E-state index is 6.00. The van der Waals surface area contributed by atoms with Crippen LogP contribution < -0.4 is 4.74 Å². The lowest BCUT2D eigenvalue weighted by Gasteiger charge is -2.09. The Labute approximate surface area is 136 Å². The molecule has 1 aromatic heterocycles.